The van der Waals surface area contributed by atoms with Gasteiger partial charge in [0, 0.05) is 31.3 Å². The predicted molar refractivity (Wildman–Crippen MR) is 109 cm³/mol. The number of hydrogen-bond donors (Lipinski definition) is 0. The highest BCUT2D eigenvalue weighted by Gasteiger charge is 2.24. The van der Waals surface area contributed by atoms with Gasteiger partial charge in [-0.1, -0.05) is 0 Å². The van der Waals surface area contributed by atoms with E-state index < -0.39 is 23.3 Å². The van der Waals surface area contributed by atoms with Gasteiger partial charge >= 0.3 is 5.97 Å². The summed E-state index contributed by atoms with van der Waals surface area (Å²) >= 11 is 0. The van der Waals surface area contributed by atoms with Gasteiger partial charge in [-0.25, -0.2) is 4.79 Å². The average molecular weight is 414 g/mol. The van der Waals surface area contributed by atoms with Gasteiger partial charge in [0.05, 0.1) is 36.0 Å². The highest BCUT2D eigenvalue weighted by molar-refractivity contribution is 6.02. The lowest BCUT2D eigenvalue weighted by atomic mass is 10.1. The van der Waals surface area contributed by atoms with Gasteiger partial charge in [0.15, 0.2) is 6.61 Å². The predicted octanol–water partition coefficient (Wildman–Crippen LogP) is 3.25. The standard InChI is InChI=1S/C21H22N2O7/c1-28-15-6-7-16(20(12-15)29-2)19(24)13-30-21(25)17-11-14(23(26)27)5-8-18(17)22-9-3-4-10-22/h5-8,11-12H,3-4,9-10,13H2,1-2H3. The quantitative estimate of drug-likeness (QED) is 0.280. The highest BCUT2D eigenvalue weighted by Crippen LogP contribution is 2.29. The molecule has 3 rings (SSSR count). The Hall–Kier alpha value is -3.62. The first-order valence-corrected chi connectivity index (χ1v) is 9.40. The molecule has 158 valence electrons. The summed E-state index contributed by atoms with van der Waals surface area (Å²) in [5, 5.41) is 11.1. The first kappa shape index (κ1) is 21.1. The van der Waals surface area contributed by atoms with Crippen LogP contribution in [0.2, 0.25) is 0 Å². The van der Waals surface area contributed by atoms with E-state index in [0.717, 1.165) is 25.9 Å². The third kappa shape index (κ3) is 4.51. The number of ether oxygens (including phenoxy) is 3. The number of Topliss-reactive ketones (excluding diaryl/α,β-unsaturated/α-hetero) is 1. The molecule has 1 heterocycles. The molecule has 1 aliphatic heterocycles. The maximum Gasteiger partial charge on any atom is 0.340 e. The summed E-state index contributed by atoms with van der Waals surface area (Å²) in [6, 6.07) is 8.78. The number of carbonyl (C=O) groups excluding carboxylic acids is 2. The molecule has 0 N–H and O–H groups in total. The van der Waals surface area contributed by atoms with Gasteiger partial charge in [0.25, 0.3) is 5.69 Å². The molecule has 0 bridgehead atoms. The lowest BCUT2D eigenvalue weighted by Crippen LogP contribution is -2.22. The summed E-state index contributed by atoms with van der Waals surface area (Å²) in [4.78, 5) is 37.8. The van der Waals surface area contributed by atoms with Gasteiger partial charge in [-0.2, -0.15) is 0 Å². The number of benzene rings is 2. The summed E-state index contributed by atoms with van der Waals surface area (Å²) in [6.45, 7) is 0.976. The normalized spacial score (nSPS) is 13.1. The van der Waals surface area contributed by atoms with Crippen LogP contribution in [-0.2, 0) is 4.74 Å². The van der Waals surface area contributed by atoms with E-state index in [1.807, 2.05) is 4.90 Å². The molecule has 0 unspecified atom stereocenters. The molecule has 2 aromatic rings. The Morgan fingerprint density at radius 3 is 2.40 bits per heavy atom. The van der Waals surface area contributed by atoms with E-state index in [1.165, 1.54) is 32.4 Å². The minimum atomic E-state index is -0.790. The van der Waals surface area contributed by atoms with E-state index in [9.17, 15) is 19.7 Å². The number of nitro benzene ring substituents is 1. The van der Waals surface area contributed by atoms with Crippen LogP contribution in [0.15, 0.2) is 36.4 Å². The van der Waals surface area contributed by atoms with Crippen molar-refractivity contribution in [3.63, 3.8) is 0 Å². The smallest absolute Gasteiger partial charge is 0.340 e. The van der Waals surface area contributed by atoms with E-state index in [-0.39, 0.29) is 16.8 Å². The van der Waals surface area contributed by atoms with Crippen molar-refractivity contribution in [2.24, 2.45) is 0 Å². The van der Waals surface area contributed by atoms with E-state index >= 15 is 0 Å². The monoisotopic (exact) mass is 414 g/mol. The van der Waals surface area contributed by atoms with Gasteiger partial charge in [-0.3, -0.25) is 14.9 Å². The van der Waals surface area contributed by atoms with E-state index in [4.69, 9.17) is 14.2 Å². The largest absolute Gasteiger partial charge is 0.497 e. The Balaban J connectivity index is 1.79. The first-order valence-electron chi connectivity index (χ1n) is 9.40. The van der Waals surface area contributed by atoms with Crippen LogP contribution >= 0.6 is 0 Å². The lowest BCUT2D eigenvalue weighted by Gasteiger charge is -2.20. The number of esters is 1. The molecule has 0 radical (unpaired) electrons. The molecular weight excluding hydrogens is 392 g/mol. The number of nitrogens with zero attached hydrogens (tertiary/aromatic N) is 2. The van der Waals surface area contributed by atoms with Gasteiger partial charge in [0.1, 0.15) is 11.5 Å². The number of nitro groups is 1. The number of methoxy groups -OCH3 is 2. The van der Waals surface area contributed by atoms with Crippen molar-refractivity contribution in [1.82, 2.24) is 0 Å². The van der Waals surface area contributed by atoms with E-state index in [2.05, 4.69) is 0 Å². The highest BCUT2D eigenvalue weighted by atomic mass is 16.6. The fraction of sp³-hybridized carbons (Fsp3) is 0.333. The number of hydrogen-bond acceptors (Lipinski definition) is 8. The van der Waals surface area contributed by atoms with E-state index in [0.29, 0.717) is 17.2 Å². The second-order valence-electron chi connectivity index (χ2n) is 6.72. The van der Waals surface area contributed by atoms with Crippen molar-refractivity contribution in [2.45, 2.75) is 12.8 Å². The Morgan fingerprint density at radius 1 is 1.03 bits per heavy atom. The zero-order valence-electron chi connectivity index (χ0n) is 16.8. The summed E-state index contributed by atoms with van der Waals surface area (Å²) in [7, 11) is 2.91. The molecule has 30 heavy (non-hydrogen) atoms. The van der Waals surface area contributed by atoms with Crippen LogP contribution < -0.4 is 14.4 Å². The fourth-order valence-electron chi connectivity index (χ4n) is 3.35. The molecule has 1 fully saturated rings. The number of non-ortho nitro benzene ring substituents is 1. The molecule has 2 aromatic carbocycles. The summed E-state index contributed by atoms with van der Waals surface area (Å²) in [5.74, 6) is -0.437. The maximum absolute atomic E-state index is 12.7. The summed E-state index contributed by atoms with van der Waals surface area (Å²) in [6.07, 6.45) is 1.95. The average Bonchev–Trinajstić information content (AvgIpc) is 3.31. The topological polar surface area (TPSA) is 108 Å². The molecule has 0 saturated carbocycles. The minimum Gasteiger partial charge on any atom is -0.497 e. The molecule has 9 heteroatoms. The third-order valence-corrected chi connectivity index (χ3v) is 4.90. The molecular formula is C21H22N2O7. The zero-order valence-corrected chi connectivity index (χ0v) is 16.8. The SMILES string of the molecule is COc1ccc(C(=O)COC(=O)c2cc([N+](=O)[O-])ccc2N2CCCC2)c(OC)c1. The zero-order chi connectivity index (χ0) is 21.7. The maximum atomic E-state index is 12.7. The van der Waals surface area contributed by atoms with Crippen molar-refractivity contribution >= 4 is 23.1 Å². The molecule has 0 aromatic heterocycles. The van der Waals surface area contributed by atoms with Gasteiger partial charge in [-0.15, -0.1) is 0 Å². The fourth-order valence-corrected chi connectivity index (χ4v) is 3.35. The van der Waals surface area contributed by atoms with Gasteiger partial charge in [0.2, 0.25) is 5.78 Å². The van der Waals surface area contributed by atoms with Crippen LogP contribution in [0.5, 0.6) is 11.5 Å². The Bertz CT molecular complexity index is 968. The molecule has 1 saturated heterocycles. The first-order chi connectivity index (χ1) is 14.4. The lowest BCUT2D eigenvalue weighted by molar-refractivity contribution is -0.384. The van der Waals surface area contributed by atoms with Crippen molar-refractivity contribution in [1.29, 1.82) is 0 Å². The Morgan fingerprint density at radius 2 is 1.77 bits per heavy atom. The van der Waals surface area contributed by atoms with Crippen LogP contribution in [-0.4, -0.2) is 50.6 Å². The summed E-state index contributed by atoms with van der Waals surface area (Å²) in [5.41, 5.74) is 0.663. The van der Waals surface area contributed by atoms with Gasteiger partial charge in [-0.05, 0) is 31.0 Å². The van der Waals surface area contributed by atoms with Crippen LogP contribution in [0.25, 0.3) is 0 Å². The van der Waals surface area contributed by atoms with Crippen molar-refractivity contribution in [3.05, 3.63) is 57.6 Å². The second-order valence-corrected chi connectivity index (χ2v) is 6.72. The van der Waals surface area contributed by atoms with Crippen LogP contribution in [0.1, 0.15) is 33.6 Å². The molecule has 1 aliphatic rings. The number of carbonyl (C=O) groups is 2. The Kier molecular flexibility index (Phi) is 6.51. The van der Waals surface area contributed by atoms with Crippen molar-refractivity contribution in [3.8, 4) is 11.5 Å². The summed E-state index contributed by atoms with van der Waals surface area (Å²) < 4.78 is 15.5. The van der Waals surface area contributed by atoms with E-state index in [1.54, 1.807) is 18.2 Å². The van der Waals surface area contributed by atoms with Crippen molar-refractivity contribution in [2.75, 3.05) is 38.8 Å². The van der Waals surface area contributed by atoms with Crippen LogP contribution in [0.3, 0.4) is 0 Å². The number of rotatable bonds is 8. The minimum absolute atomic E-state index is 0.0700. The second kappa shape index (κ2) is 9.25. The molecule has 0 spiro atoms. The van der Waals surface area contributed by atoms with Gasteiger partial charge < -0.3 is 19.1 Å². The number of ketones is 1. The molecule has 0 aliphatic carbocycles. The van der Waals surface area contributed by atoms with Crippen LogP contribution in [0.4, 0.5) is 11.4 Å². The number of anilines is 1. The van der Waals surface area contributed by atoms with Crippen molar-refractivity contribution < 1.29 is 28.7 Å². The molecule has 0 amide bonds. The molecule has 9 nitrogen and oxygen atoms in total. The third-order valence-electron chi connectivity index (χ3n) is 4.90. The van der Waals surface area contributed by atoms with Crippen LogP contribution in [0, 0.1) is 10.1 Å². The Labute approximate surface area is 173 Å². The molecule has 0 atom stereocenters.